The van der Waals surface area contributed by atoms with Gasteiger partial charge in [0.2, 0.25) is 0 Å². The first-order valence-electron chi connectivity index (χ1n) is 17.8. The molecule has 8 aromatic carbocycles. The van der Waals surface area contributed by atoms with Crippen LogP contribution in [0.2, 0.25) is 0 Å². The van der Waals surface area contributed by atoms with Gasteiger partial charge in [-0.15, -0.1) is 0 Å². The first-order valence-corrected chi connectivity index (χ1v) is 17.8. The summed E-state index contributed by atoms with van der Waals surface area (Å²) in [5.74, 6) is 1.80. The summed E-state index contributed by atoms with van der Waals surface area (Å²) >= 11 is 0. The number of rotatable bonds is 6. The molecular formula is C49H31N3O. The average Bonchev–Trinajstić information content (AvgIpc) is 3.61. The second-order valence-corrected chi connectivity index (χ2v) is 13.2. The number of benzene rings is 8. The van der Waals surface area contributed by atoms with E-state index in [0.717, 1.165) is 71.8 Å². The van der Waals surface area contributed by atoms with Crippen LogP contribution in [-0.4, -0.2) is 15.0 Å². The molecule has 2 heterocycles. The fourth-order valence-corrected chi connectivity index (χ4v) is 7.29. The molecule has 0 fully saturated rings. The van der Waals surface area contributed by atoms with E-state index in [1.807, 2.05) is 12.1 Å². The van der Waals surface area contributed by atoms with Crippen molar-refractivity contribution in [2.24, 2.45) is 0 Å². The number of nitrogens with zero attached hydrogens (tertiary/aromatic N) is 3. The highest BCUT2D eigenvalue weighted by atomic mass is 16.3. The number of hydrogen-bond donors (Lipinski definition) is 0. The van der Waals surface area contributed by atoms with E-state index < -0.39 is 0 Å². The Morgan fingerprint density at radius 1 is 0.302 bits per heavy atom. The smallest absolute Gasteiger partial charge is 0.164 e. The zero-order valence-corrected chi connectivity index (χ0v) is 28.6. The van der Waals surface area contributed by atoms with Crippen molar-refractivity contribution < 1.29 is 4.42 Å². The summed E-state index contributed by atoms with van der Waals surface area (Å²) in [5.41, 5.74) is 11.3. The molecule has 10 rings (SSSR count). The maximum absolute atomic E-state index is 6.65. The predicted molar refractivity (Wildman–Crippen MR) is 217 cm³/mol. The van der Waals surface area contributed by atoms with Crippen LogP contribution < -0.4 is 0 Å². The van der Waals surface area contributed by atoms with Gasteiger partial charge in [-0.25, -0.2) is 15.0 Å². The van der Waals surface area contributed by atoms with Gasteiger partial charge in [0.25, 0.3) is 0 Å². The minimum Gasteiger partial charge on any atom is -0.456 e. The number of hydrogen-bond acceptors (Lipinski definition) is 4. The topological polar surface area (TPSA) is 51.8 Å². The molecule has 4 nitrogen and oxygen atoms in total. The lowest BCUT2D eigenvalue weighted by Gasteiger charge is -2.10. The van der Waals surface area contributed by atoms with E-state index in [2.05, 4.69) is 176 Å². The van der Waals surface area contributed by atoms with E-state index in [1.165, 1.54) is 10.9 Å². The van der Waals surface area contributed by atoms with Crippen molar-refractivity contribution in [3.63, 3.8) is 0 Å². The fraction of sp³-hybridized carbons (Fsp3) is 0. The highest BCUT2D eigenvalue weighted by Gasteiger charge is 2.19. The van der Waals surface area contributed by atoms with E-state index in [0.29, 0.717) is 17.5 Å². The van der Waals surface area contributed by atoms with Crippen LogP contribution in [0, 0.1) is 0 Å². The Morgan fingerprint density at radius 3 is 1.30 bits per heavy atom. The third-order valence-corrected chi connectivity index (χ3v) is 9.94. The molecule has 10 aromatic rings. The van der Waals surface area contributed by atoms with Crippen molar-refractivity contribution in [2.45, 2.75) is 0 Å². The van der Waals surface area contributed by atoms with E-state index in [4.69, 9.17) is 19.4 Å². The Kier molecular flexibility index (Phi) is 7.43. The summed E-state index contributed by atoms with van der Waals surface area (Å²) < 4.78 is 6.65. The maximum atomic E-state index is 6.65. The normalized spacial score (nSPS) is 11.4. The lowest BCUT2D eigenvalue weighted by atomic mass is 9.93. The summed E-state index contributed by atoms with van der Waals surface area (Å²) in [6, 6.07) is 65.1. The van der Waals surface area contributed by atoms with Gasteiger partial charge in [0, 0.05) is 33.0 Å². The molecule has 0 bridgehead atoms. The average molecular weight is 678 g/mol. The molecule has 53 heavy (non-hydrogen) atoms. The molecule has 0 spiro atoms. The second-order valence-electron chi connectivity index (χ2n) is 13.2. The Labute approximate surface area is 306 Å². The van der Waals surface area contributed by atoms with E-state index in [-0.39, 0.29) is 0 Å². The molecule has 0 saturated carbocycles. The first-order chi connectivity index (χ1) is 26.2. The Morgan fingerprint density at radius 2 is 0.736 bits per heavy atom. The summed E-state index contributed by atoms with van der Waals surface area (Å²) in [5, 5.41) is 4.49. The van der Waals surface area contributed by atoms with Gasteiger partial charge in [-0.2, -0.15) is 0 Å². The highest BCUT2D eigenvalue weighted by molar-refractivity contribution is 6.20. The van der Waals surface area contributed by atoms with Gasteiger partial charge in [-0.3, -0.25) is 0 Å². The molecule has 0 unspecified atom stereocenters. The fourth-order valence-electron chi connectivity index (χ4n) is 7.29. The van der Waals surface area contributed by atoms with Crippen LogP contribution >= 0.6 is 0 Å². The summed E-state index contributed by atoms with van der Waals surface area (Å²) in [6.07, 6.45) is 0. The molecule has 0 radical (unpaired) electrons. The molecule has 0 N–H and O–H groups in total. The van der Waals surface area contributed by atoms with Crippen molar-refractivity contribution in [3.05, 3.63) is 188 Å². The summed E-state index contributed by atoms with van der Waals surface area (Å²) in [7, 11) is 0. The zero-order chi connectivity index (χ0) is 35.1. The molecule has 0 aliphatic rings. The van der Waals surface area contributed by atoms with Gasteiger partial charge in [0.05, 0.1) is 0 Å². The second kappa shape index (κ2) is 12.9. The molecule has 0 amide bonds. The number of furan rings is 1. The minimum absolute atomic E-state index is 0.583. The molecule has 0 atom stereocenters. The zero-order valence-electron chi connectivity index (χ0n) is 28.6. The summed E-state index contributed by atoms with van der Waals surface area (Å²) in [6.45, 7) is 0. The van der Waals surface area contributed by atoms with Crippen molar-refractivity contribution in [1.82, 2.24) is 15.0 Å². The van der Waals surface area contributed by atoms with Gasteiger partial charge in [-0.1, -0.05) is 170 Å². The molecule has 4 heteroatoms. The van der Waals surface area contributed by atoms with E-state index in [1.54, 1.807) is 0 Å². The standard InChI is InChI=1S/C49H31N3O/c1-4-12-32(13-5-1)34-20-24-37(25-21-34)47-50-48(38-26-22-35(23-27-38)33-14-6-2-7-15-33)52-49(51-47)40-28-29-42-43(31-40)53-44-30-39-18-10-11-19-41(39)45(46(42)44)36-16-8-3-9-17-36/h1-31H. The van der Waals surface area contributed by atoms with Crippen LogP contribution in [0.25, 0.3) is 100 Å². The van der Waals surface area contributed by atoms with Crippen LogP contribution in [0.3, 0.4) is 0 Å². The van der Waals surface area contributed by atoms with Crippen molar-refractivity contribution in [2.75, 3.05) is 0 Å². The quantitative estimate of drug-likeness (QED) is 0.176. The van der Waals surface area contributed by atoms with Crippen LogP contribution in [0.4, 0.5) is 0 Å². The minimum atomic E-state index is 0.583. The largest absolute Gasteiger partial charge is 0.456 e. The Balaban J connectivity index is 1.12. The lowest BCUT2D eigenvalue weighted by Crippen LogP contribution is -2.00. The third kappa shape index (κ3) is 5.63. The van der Waals surface area contributed by atoms with E-state index >= 15 is 0 Å². The first kappa shape index (κ1) is 30.6. The number of fused-ring (bicyclic) bond motifs is 4. The third-order valence-electron chi connectivity index (χ3n) is 9.94. The van der Waals surface area contributed by atoms with Crippen LogP contribution in [0.15, 0.2) is 192 Å². The van der Waals surface area contributed by atoms with Crippen LogP contribution in [0.5, 0.6) is 0 Å². The monoisotopic (exact) mass is 677 g/mol. The van der Waals surface area contributed by atoms with E-state index in [9.17, 15) is 0 Å². The van der Waals surface area contributed by atoms with Crippen molar-refractivity contribution >= 4 is 32.7 Å². The molecule has 248 valence electrons. The lowest BCUT2D eigenvalue weighted by molar-refractivity contribution is 0.669. The molecule has 0 aliphatic carbocycles. The van der Waals surface area contributed by atoms with Gasteiger partial charge < -0.3 is 4.42 Å². The Hall–Kier alpha value is -7.17. The van der Waals surface area contributed by atoms with Crippen LogP contribution in [-0.2, 0) is 0 Å². The Bertz CT molecular complexity index is 2800. The predicted octanol–water partition coefficient (Wildman–Crippen LogP) is 12.9. The highest BCUT2D eigenvalue weighted by Crippen LogP contribution is 2.42. The van der Waals surface area contributed by atoms with Gasteiger partial charge >= 0.3 is 0 Å². The number of aromatic nitrogens is 3. The molecular weight excluding hydrogens is 647 g/mol. The van der Waals surface area contributed by atoms with Crippen LogP contribution in [0.1, 0.15) is 0 Å². The van der Waals surface area contributed by atoms with Gasteiger partial charge in [0.1, 0.15) is 11.2 Å². The molecule has 0 aliphatic heterocycles. The van der Waals surface area contributed by atoms with Gasteiger partial charge in [0.15, 0.2) is 17.5 Å². The van der Waals surface area contributed by atoms with Crippen molar-refractivity contribution in [3.8, 4) is 67.5 Å². The molecule has 2 aromatic heterocycles. The SMILES string of the molecule is c1ccc(-c2ccc(-c3nc(-c4ccc(-c5ccccc5)cc4)nc(-c4ccc5c(c4)oc4cc6ccccc6c(-c6ccccc6)c45)n3)cc2)cc1. The van der Waals surface area contributed by atoms with Crippen molar-refractivity contribution in [1.29, 1.82) is 0 Å². The van der Waals surface area contributed by atoms with Gasteiger partial charge in [-0.05, 0) is 56.8 Å². The maximum Gasteiger partial charge on any atom is 0.164 e. The summed E-state index contributed by atoms with van der Waals surface area (Å²) in [4.78, 5) is 15.2. The molecule has 0 saturated heterocycles.